The van der Waals surface area contributed by atoms with Crippen LogP contribution in [0.25, 0.3) is 0 Å². The van der Waals surface area contributed by atoms with Gasteiger partial charge in [0.05, 0.1) is 0 Å². The minimum Gasteiger partial charge on any atom is -0.479 e. The molecule has 0 fully saturated rings. The van der Waals surface area contributed by atoms with Crippen LogP contribution in [0.1, 0.15) is 49.4 Å². The van der Waals surface area contributed by atoms with Crippen molar-refractivity contribution in [2.75, 3.05) is 6.54 Å². The van der Waals surface area contributed by atoms with Gasteiger partial charge in [0.1, 0.15) is 0 Å². The molecule has 3 N–H and O–H groups in total. The van der Waals surface area contributed by atoms with Crippen molar-refractivity contribution in [3.63, 3.8) is 0 Å². The maximum absolute atomic E-state index is 12.0. The predicted molar refractivity (Wildman–Crippen MR) is 112 cm³/mol. The van der Waals surface area contributed by atoms with Gasteiger partial charge in [0.15, 0.2) is 6.23 Å². The molecule has 9 nitrogen and oxygen atoms in total. The van der Waals surface area contributed by atoms with E-state index in [-0.39, 0.29) is 18.8 Å². The zero-order chi connectivity index (χ0) is 21.6. The van der Waals surface area contributed by atoms with Gasteiger partial charge in [0, 0.05) is 22.1 Å². The largest absolute Gasteiger partial charge is 0.479 e. The second kappa shape index (κ2) is 13.7. The number of aliphatic carboxylic acids is 1. The Morgan fingerprint density at radius 2 is 1.86 bits per heavy atom. The first-order valence-corrected chi connectivity index (χ1v) is 10.3. The molecule has 160 valence electrons. The number of hydrogen-bond acceptors (Lipinski definition) is 6. The molecule has 1 rings (SSSR count). The minimum absolute atomic E-state index is 0.181. The summed E-state index contributed by atoms with van der Waals surface area (Å²) in [6, 6.07) is 7.17. The van der Waals surface area contributed by atoms with E-state index in [9.17, 15) is 19.2 Å². The normalized spacial score (nSPS) is 12.3. The first-order chi connectivity index (χ1) is 13.9. The fourth-order valence-electron chi connectivity index (χ4n) is 2.39. The number of ether oxygens (including phenoxy) is 2. The summed E-state index contributed by atoms with van der Waals surface area (Å²) in [5.41, 5.74) is 0.567. The highest BCUT2D eigenvalue weighted by atomic mass is 127. The van der Waals surface area contributed by atoms with E-state index in [2.05, 4.69) is 33.2 Å². The van der Waals surface area contributed by atoms with Gasteiger partial charge in [-0.25, -0.2) is 9.59 Å². The summed E-state index contributed by atoms with van der Waals surface area (Å²) in [6.45, 7) is 2.39. The van der Waals surface area contributed by atoms with Gasteiger partial charge in [0.2, 0.25) is 6.10 Å². The maximum atomic E-state index is 12.0. The Bertz CT molecular complexity index is 682. The molecule has 2 amide bonds. The quantitative estimate of drug-likeness (QED) is 0.158. The van der Waals surface area contributed by atoms with Gasteiger partial charge in [-0.2, -0.15) is 0 Å². The predicted octanol–water partition coefficient (Wildman–Crippen LogP) is 2.67. The van der Waals surface area contributed by atoms with Crippen LogP contribution >= 0.6 is 22.6 Å². The van der Waals surface area contributed by atoms with Crippen LogP contribution in [0.15, 0.2) is 24.3 Å². The van der Waals surface area contributed by atoms with Crippen LogP contribution in [0, 0.1) is 3.57 Å². The number of rotatable bonds is 13. The Hall–Kier alpha value is -2.37. The number of alkyl carbamates (subject to hydrolysis) is 1. The Kier molecular flexibility index (Phi) is 11.7. The number of halogens is 1. The van der Waals surface area contributed by atoms with E-state index in [0.717, 1.165) is 3.57 Å². The van der Waals surface area contributed by atoms with Gasteiger partial charge in [-0.05, 0) is 66.1 Å². The number of unbranched alkanes of at least 4 members (excludes halogenated alkanes) is 1. The SMILES string of the molecule is CCC[C@H](OC(=O)N[C@@H](CCCCNC(=O)c1ccc(I)cc1)OC=O)C(=O)O. The summed E-state index contributed by atoms with van der Waals surface area (Å²) in [5, 5.41) is 14.1. The maximum Gasteiger partial charge on any atom is 0.410 e. The zero-order valence-corrected chi connectivity index (χ0v) is 18.2. The summed E-state index contributed by atoms with van der Waals surface area (Å²) in [7, 11) is 0. The van der Waals surface area contributed by atoms with Gasteiger partial charge in [-0.1, -0.05) is 13.3 Å². The van der Waals surface area contributed by atoms with E-state index in [1.54, 1.807) is 19.1 Å². The number of carboxylic acids is 1. The first kappa shape index (κ1) is 24.7. The van der Waals surface area contributed by atoms with Crippen molar-refractivity contribution in [1.82, 2.24) is 10.6 Å². The van der Waals surface area contributed by atoms with E-state index < -0.39 is 24.4 Å². The van der Waals surface area contributed by atoms with Crippen molar-refractivity contribution < 1.29 is 33.8 Å². The molecule has 0 aliphatic carbocycles. The molecular formula is C19H25IN2O7. The summed E-state index contributed by atoms with van der Waals surface area (Å²) in [6.07, 6.45) is -1.02. The molecular weight excluding hydrogens is 495 g/mol. The number of amides is 2. The van der Waals surface area contributed by atoms with Gasteiger partial charge in [0.25, 0.3) is 12.4 Å². The van der Waals surface area contributed by atoms with Crippen LogP contribution in [-0.2, 0) is 19.1 Å². The molecule has 0 spiro atoms. The minimum atomic E-state index is -1.26. The molecule has 1 aromatic rings. The smallest absolute Gasteiger partial charge is 0.410 e. The number of carboxylic acid groups (broad SMARTS) is 1. The highest BCUT2D eigenvalue weighted by molar-refractivity contribution is 14.1. The first-order valence-electron chi connectivity index (χ1n) is 9.20. The molecule has 0 saturated heterocycles. The van der Waals surface area contributed by atoms with E-state index in [1.807, 2.05) is 12.1 Å². The van der Waals surface area contributed by atoms with E-state index in [4.69, 9.17) is 14.6 Å². The Balaban J connectivity index is 2.35. The lowest BCUT2D eigenvalue weighted by Gasteiger charge is -2.19. The van der Waals surface area contributed by atoms with Crippen molar-refractivity contribution in [2.45, 2.75) is 51.4 Å². The van der Waals surface area contributed by atoms with Gasteiger partial charge < -0.3 is 19.9 Å². The highest BCUT2D eigenvalue weighted by Gasteiger charge is 2.23. The Morgan fingerprint density at radius 3 is 2.45 bits per heavy atom. The molecule has 0 radical (unpaired) electrons. The molecule has 0 saturated carbocycles. The van der Waals surface area contributed by atoms with Crippen molar-refractivity contribution >= 4 is 47.0 Å². The lowest BCUT2D eigenvalue weighted by Crippen LogP contribution is -2.40. The van der Waals surface area contributed by atoms with Crippen molar-refractivity contribution in [3.8, 4) is 0 Å². The van der Waals surface area contributed by atoms with E-state index in [0.29, 0.717) is 37.8 Å². The molecule has 0 aromatic heterocycles. The summed E-state index contributed by atoms with van der Waals surface area (Å²) < 4.78 is 10.7. The lowest BCUT2D eigenvalue weighted by molar-refractivity contribution is -0.147. The number of benzene rings is 1. The second-order valence-corrected chi connectivity index (χ2v) is 7.39. The molecule has 10 heteroatoms. The fraction of sp³-hybridized carbons (Fsp3) is 0.474. The molecule has 0 unspecified atom stereocenters. The molecule has 1 aromatic carbocycles. The van der Waals surface area contributed by atoms with Crippen LogP contribution in [0.4, 0.5) is 4.79 Å². The average molecular weight is 520 g/mol. The standard InChI is InChI=1S/C19H25IN2O7/c1-2-5-15(18(25)26)29-19(27)22-16(28-12-23)6-3-4-11-21-17(24)13-7-9-14(20)10-8-13/h7-10,12,15-16H,2-6,11H2,1H3,(H,21,24)(H,22,27)(H,25,26)/t15-,16+/m0/s1. The zero-order valence-electron chi connectivity index (χ0n) is 16.1. The number of carbonyl (C=O) groups excluding carboxylic acids is 3. The number of nitrogens with one attached hydrogen (secondary N) is 2. The topological polar surface area (TPSA) is 131 Å². The molecule has 2 atom stereocenters. The molecule has 0 aliphatic heterocycles. The summed E-state index contributed by atoms with van der Waals surface area (Å²) in [4.78, 5) is 45.5. The average Bonchev–Trinajstić information content (AvgIpc) is 2.67. The Labute approximate surface area is 182 Å². The van der Waals surface area contributed by atoms with Gasteiger partial charge >= 0.3 is 12.1 Å². The van der Waals surface area contributed by atoms with E-state index >= 15 is 0 Å². The molecule has 0 aliphatic rings. The molecule has 0 heterocycles. The highest BCUT2D eigenvalue weighted by Crippen LogP contribution is 2.08. The van der Waals surface area contributed by atoms with Crippen LogP contribution in [0.3, 0.4) is 0 Å². The molecule has 29 heavy (non-hydrogen) atoms. The lowest BCUT2D eigenvalue weighted by atomic mass is 10.2. The Morgan fingerprint density at radius 1 is 1.17 bits per heavy atom. The molecule has 0 bridgehead atoms. The van der Waals surface area contributed by atoms with Crippen LogP contribution < -0.4 is 10.6 Å². The van der Waals surface area contributed by atoms with Gasteiger partial charge in [-0.15, -0.1) is 0 Å². The monoisotopic (exact) mass is 520 g/mol. The fourth-order valence-corrected chi connectivity index (χ4v) is 2.75. The summed E-state index contributed by atoms with van der Waals surface area (Å²) >= 11 is 2.16. The number of hydrogen-bond donors (Lipinski definition) is 3. The number of carbonyl (C=O) groups is 4. The van der Waals surface area contributed by atoms with Crippen molar-refractivity contribution in [3.05, 3.63) is 33.4 Å². The summed E-state index contributed by atoms with van der Waals surface area (Å²) in [5.74, 6) is -1.42. The second-order valence-electron chi connectivity index (χ2n) is 6.14. The van der Waals surface area contributed by atoms with Crippen molar-refractivity contribution in [2.24, 2.45) is 0 Å². The van der Waals surface area contributed by atoms with Gasteiger partial charge in [-0.3, -0.25) is 14.9 Å². The van der Waals surface area contributed by atoms with Crippen LogP contribution in [-0.4, -0.2) is 48.4 Å². The van der Waals surface area contributed by atoms with Crippen LogP contribution in [0.2, 0.25) is 0 Å². The van der Waals surface area contributed by atoms with E-state index in [1.165, 1.54) is 0 Å². The van der Waals surface area contributed by atoms with Crippen LogP contribution in [0.5, 0.6) is 0 Å². The third-order valence-electron chi connectivity index (χ3n) is 3.86. The third kappa shape index (κ3) is 10.1. The third-order valence-corrected chi connectivity index (χ3v) is 4.58. The van der Waals surface area contributed by atoms with Crippen molar-refractivity contribution in [1.29, 1.82) is 0 Å².